The first-order valence-corrected chi connectivity index (χ1v) is 6.65. The summed E-state index contributed by atoms with van der Waals surface area (Å²) in [5, 5.41) is 10.1. The number of nitrogens with zero attached hydrogens (tertiary/aromatic N) is 2. The molecule has 0 aliphatic carbocycles. The van der Waals surface area contributed by atoms with Gasteiger partial charge in [0.25, 0.3) is 0 Å². The van der Waals surface area contributed by atoms with Gasteiger partial charge in [0.15, 0.2) is 0 Å². The van der Waals surface area contributed by atoms with Crippen LogP contribution in [-0.2, 0) is 4.79 Å². The summed E-state index contributed by atoms with van der Waals surface area (Å²) in [6.45, 7) is 4.43. The third-order valence-electron chi connectivity index (χ3n) is 3.63. The highest BCUT2D eigenvalue weighted by atomic mass is 16.2. The van der Waals surface area contributed by atoms with E-state index in [1.165, 1.54) is 0 Å². The molecule has 0 aromatic carbocycles. The summed E-state index contributed by atoms with van der Waals surface area (Å²) in [4.78, 5) is 14.3. The van der Waals surface area contributed by atoms with Gasteiger partial charge in [-0.2, -0.15) is 5.10 Å². The van der Waals surface area contributed by atoms with Crippen molar-refractivity contribution in [3.8, 4) is 0 Å². The largest absolute Gasteiger partial charge is 0.342 e. The third-order valence-corrected chi connectivity index (χ3v) is 3.63. The van der Waals surface area contributed by atoms with Crippen LogP contribution in [0.15, 0.2) is 12.3 Å². The molecule has 2 rings (SSSR count). The lowest BCUT2D eigenvalue weighted by molar-refractivity contribution is -0.136. The van der Waals surface area contributed by atoms with E-state index < -0.39 is 0 Å². The summed E-state index contributed by atoms with van der Waals surface area (Å²) in [5.41, 5.74) is 1.15. The summed E-state index contributed by atoms with van der Waals surface area (Å²) in [5.74, 6) is 0.719. The van der Waals surface area contributed by atoms with Gasteiger partial charge in [-0.3, -0.25) is 9.89 Å². The fraction of sp³-hybridized carbons (Fsp3) is 0.692. The number of carbonyl (C=O) groups excluding carboxylic acids is 1. The third kappa shape index (κ3) is 2.90. The van der Waals surface area contributed by atoms with Gasteiger partial charge in [-0.25, -0.2) is 0 Å². The number of hydrogen-bond donors (Lipinski definition) is 2. The van der Waals surface area contributed by atoms with Gasteiger partial charge >= 0.3 is 0 Å². The maximum absolute atomic E-state index is 12.3. The fourth-order valence-corrected chi connectivity index (χ4v) is 2.63. The summed E-state index contributed by atoms with van der Waals surface area (Å²) in [7, 11) is 1.88. The Bertz CT molecular complexity index is 376. The van der Waals surface area contributed by atoms with Crippen LogP contribution in [-0.4, -0.2) is 47.7 Å². The van der Waals surface area contributed by atoms with E-state index in [9.17, 15) is 4.79 Å². The van der Waals surface area contributed by atoms with E-state index in [1.807, 2.05) is 24.9 Å². The van der Waals surface area contributed by atoms with Gasteiger partial charge in [0.1, 0.15) is 0 Å². The quantitative estimate of drug-likeness (QED) is 0.837. The van der Waals surface area contributed by atoms with Crippen molar-refractivity contribution >= 4 is 5.91 Å². The Labute approximate surface area is 108 Å². The van der Waals surface area contributed by atoms with Crippen molar-refractivity contribution in [1.82, 2.24) is 20.4 Å². The lowest BCUT2D eigenvalue weighted by Gasteiger charge is -2.34. The van der Waals surface area contributed by atoms with E-state index in [4.69, 9.17) is 0 Å². The van der Waals surface area contributed by atoms with Crippen molar-refractivity contribution < 1.29 is 4.79 Å². The molecule has 2 N–H and O–H groups in total. The molecule has 1 amide bonds. The zero-order valence-electron chi connectivity index (χ0n) is 11.1. The van der Waals surface area contributed by atoms with Gasteiger partial charge in [-0.1, -0.05) is 6.92 Å². The highest BCUT2D eigenvalue weighted by Crippen LogP contribution is 2.25. The Kier molecular flexibility index (Phi) is 4.36. The molecule has 1 aliphatic heterocycles. The number of nitrogens with one attached hydrogen (secondary N) is 2. The van der Waals surface area contributed by atoms with Gasteiger partial charge in [0, 0.05) is 43.4 Å². The molecule has 1 aromatic heterocycles. The van der Waals surface area contributed by atoms with Crippen LogP contribution in [0.25, 0.3) is 0 Å². The molecule has 1 saturated heterocycles. The number of piperidine rings is 1. The highest BCUT2D eigenvalue weighted by molar-refractivity contribution is 5.78. The lowest BCUT2D eigenvalue weighted by atomic mass is 9.94. The first-order chi connectivity index (χ1) is 8.72. The monoisotopic (exact) mass is 250 g/mol. The molecule has 2 atom stereocenters. The topological polar surface area (TPSA) is 61.0 Å². The first kappa shape index (κ1) is 13.1. The Morgan fingerprint density at radius 2 is 2.56 bits per heavy atom. The Morgan fingerprint density at radius 1 is 1.72 bits per heavy atom. The minimum Gasteiger partial charge on any atom is -0.342 e. The maximum atomic E-state index is 12.3. The van der Waals surface area contributed by atoms with Crippen molar-refractivity contribution in [2.24, 2.45) is 5.92 Å². The van der Waals surface area contributed by atoms with Gasteiger partial charge in [-0.15, -0.1) is 0 Å². The summed E-state index contributed by atoms with van der Waals surface area (Å²) in [6.07, 6.45) is 3.98. The van der Waals surface area contributed by atoms with E-state index in [0.29, 0.717) is 5.92 Å². The minimum atomic E-state index is 0.0514. The van der Waals surface area contributed by atoms with Crippen molar-refractivity contribution in [3.05, 3.63) is 18.0 Å². The van der Waals surface area contributed by atoms with Gasteiger partial charge in [-0.05, 0) is 26.0 Å². The Balaban J connectivity index is 1.96. The maximum Gasteiger partial charge on any atom is 0.226 e. The molecule has 5 nitrogen and oxygen atoms in total. The van der Waals surface area contributed by atoms with Gasteiger partial charge in [0.05, 0.1) is 0 Å². The number of aromatic nitrogens is 2. The van der Waals surface area contributed by atoms with Crippen molar-refractivity contribution in [2.75, 3.05) is 26.7 Å². The van der Waals surface area contributed by atoms with Crippen molar-refractivity contribution in [2.45, 2.75) is 25.7 Å². The lowest BCUT2D eigenvalue weighted by Crippen LogP contribution is -2.43. The number of rotatable bonds is 4. The number of likely N-dealkylation sites (tertiary alicyclic amines) is 1. The zero-order valence-corrected chi connectivity index (χ0v) is 11.1. The smallest absolute Gasteiger partial charge is 0.226 e. The van der Waals surface area contributed by atoms with Crippen molar-refractivity contribution in [3.63, 3.8) is 0 Å². The number of aromatic amines is 1. The first-order valence-electron chi connectivity index (χ1n) is 6.65. The van der Waals surface area contributed by atoms with Crippen LogP contribution in [0.2, 0.25) is 0 Å². The van der Waals surface area contributed by atoms with Crippen LogP contribution in [0, 0.1) is 5.92 Å². The Morgan fingerprint density at radius 3 is 3.22 bits per heavy atom. The molecular formula is C13H22N4O. The molecule has 1 aromatic rings. The van der Waals surface area contributed by atoms with Gasteiger partial charge in [0.2, 0.25) is 5.91 Å². The molecule has 100 valence electrons. The molecule has 0 spiro atoms. The normalized spacial score (nSPS) is 21.9. The summed E-state index contributed by atoms with van der Waals surface area (Å²) in [6, 6.07) is 2.01. The number of hydrogen-bond acceptors (Lipinski definition) is 3. The predicted octanol–water partition coefficient (Wildman–Crippen LogP) is 0.971. The van der Waals surface area contributed by atoms with E-state index in [1.54, 1.807) is 6.20 Å². The average molecular weight is 250 g/mol. The minimum absolute atomic E-state index is 0.0514. The molecule has 5 heteroatoms. The summed E-state index contributed by atoms with van der Waals surface area (Å²) < 4.78 is 0. The van der Waals surface area contributed by atoms with Gasteiger partial charge < -0.3 is 10.2 Å². The second-order valence-corrected chi connectivity index (χ2v) is 5.09. The molecule has 2 unspecified atom stereocenters. The molecule has 0 bridgehead atoms. The second-order valence-electron chi connectivity index (χ2n) is 5.09. The van der Waals surface area contributed by atoms with E-state index in [0.717, 1.165) is 38.2 Å². The molecule has 2 heterocycles. The number of carbonyl (C=O) groups is 1. The molecular weight excluding hydrogens is 228 g/mol. The number of H-pyrrole nitrogens is 1. The van der Waals surface area contributed by atoms with Crippen LogP contribution in [0.4, 0.5) is 0 Å². The Hall–Kier alpha value is -1.36. The van der Waals surface area contributed by atoms with Crippen LogP contribution in [0.5, 0.6) is 0 Å². The van der Waals surface area contributed by atoms with Crippen LogP contribution >= 0.6 is 0 Å². The zero-order chi connectivity index (χ0) is 13.0. The molecule has 1 fully saturated rings. The number of amides is 1. The molecule has 0 saturated carbocycles. The van der Waals surface area contributed by atoms with E-state index in [2.05, 4.69) is 15.5 Å². The molecule has 18 heavy (non-hydrogen) atoms. The van der Waals surface area contributed by atoms with Crippen molar-refractivity contribution in [1.29, 1.82) is 0 Å². The molecule has 1 aliphatic rings. The molecule has 0 radical (unpaired) electrons. The predicted molar refractivity (Wildman–Crippen MR) is 70.2 cm³/mol. The van der Waals surface area contributed by atoms with Crippen LogP contribution < -0.4 is 5.32 Å². The highest BCUT2D eigenvalue weighted by Gasteiger charge is 2.27. The SMILES string of the molecule is CNCC(C)C(=O)N1CCCC(c2ccn[nH]2)C1. The van der Waals surface area contributed by atoms with Crippen LogP contribution in [0.1, 0.15) is 31.4 Å². The summed E-state index contributed by atoms with van der Waals surface area (Å²) >= 11 is 0. The second kappa shape index (κ2) is 6.00. The fourth-order valence-electron chi connectivity index (χ4n) is 2.63. The standard InChI is InChI=1S/C13H22N4O/c1-10(8-14-2)13(18)17-7-3-4-11(9-17)12-5-6-15-16-12/h5-6,10-11,14H,3-4,7-9H2,1-2H3,(H,15,16). The average Bonchev–Trinajstić information content (AvgIpc) is 2.92. The van der Waals surface area contributed by atoms with Crippen LogP contribution in [0.3, 0.4) is 0 Å². The van der Waals surface area contributed by atoms with E-state index >= 15 is 0 Å². The van der Waals surface area contributed by atoms with E-state index in [-0.39, 0.29) is 11.8 Å².